The number of carbonyl (C=O) groups is 1. The van der Waals surface area contributed by atoms with Crippen LogP contribution in [0.4, 0.5) is 11.4 Å². The first-order valence-corrected chi connectivity index (χ1v) is 6.27. The van der Waals surface area contributed by atoms with Crippen LogP contribution in [0.3, 0.4) is 0 Å². The second-order valence-corrected chi connectivity index (χ2v) is 4.59. The average Bonchev–Trinajstić information content (AvgIpc) is 2.84. The van der Waals surface area contributed by atoms with Crippen LogP contribution in [0, 0.1) is 13.8 Å². The van der Waals surface area contributed by atoms with Crippen molar-refractivity contribution >= 4 is 17.3 Å². The fraction of sp³-hybridized carbons (Fsp3) is 0.267. The molecule has 0 aliphatic rings. The Morgan fingerprint density at radius 2 is 2.05 bits per heavy atom. The quantitative estimate of drug-likeness (QED) is 0.830. The van der Waals surface area contributed by atoms with E-state index in [-0.39, 0.29) is 5.91 Å². The molecule has 0 unspecified atom stereocenters. The predicted octanol–water partition coefficient (Wildman–Crippen LogP) is 3.29. The molecule has 2 rings (SSSR count). The lowest BCUT2D eigenvalue weighted by Crippen LogP contribution is -2.14. The molecule has 1 amide bonds. The summed E-state index contributed by atoms with van der Waals surface area (Å²) in [5, 5.41) is 2.90. The van der Waals surface area contributed by atoms with Gasteiger partial charge in [-0.1, -0.05) is 6.92 Å². The van der Waals surface area contributed by atoms with Crippen molar-refractivity contribution in [3.63, 3.8) is 0 Å². The number of anilines is 2. The van der Waals surface area contributed by atoms with Crippen molar-refractivity contribution in [3.8, 4) is 0 Å². The molecule has 0 spiro atoms. The Bertz CT molecular complexity index is 615. The number of aryl methyl sites for hydroxylation is 3. The molecule has 3 N–H and O–H groups in total. The van der Waals surface area contributed by atoms with Crippen LogP contribution in [0.1, 0.15) is 34.2 Å². The molecule has 2 aromatic rings. The summed E-state index contributed by atoms with van der Waals surface area (Å²) in [6, 6.07) is 5.43. The largest absolute Gasteiger partial charge is 0.469 e. The number of nitrogens with one attached hydrogen (secondary N) is 1. The van der Waals surface area contributed by atoms with Crippen molar-refractivity contribution in [2.45, 2.75) is 27.2 Å². The Labute approximate surface area is 112 Å². The van der Waals surface area contributed by atoms with Crippen LogP contribution in [-0.2, 0) is 6.42 Å². The third-order valence-electron chi connectivity index (χ3n) is 3.17. The van der Waals surface area contributed by atoms with Gasteiger partial charge in [-0.3, -0.25) is 4.79 Å². The van der Waals surface area contributed by atoms with Gasteiger partial charge in [0, 0.05) is 17.8 Å². The van der Waals surface area contributed by atoms with Gasteiger partial charge < -0.3 is 15.5 Å². The minimum atomic E-state index is -0.155. The number of amides is 1. The summed E-state index contributed by atoms with van der Waals surface area (Å²) >= 11 is 0. The highest BCUT2D eigenvalue weighted by Gasteiger charge is 2.14. The number of hydrogen-bond donors (Lipinski definition) is 2. The number of nitrogens with two attached hydrogens (primary N) is 1. The topological polar surface area (TPSA) is 68.3 Å². The fourth-order valence-corrected chi connectivity index (χ4v) is 1.98. The first kappa shape index (κ1) is 13.2. The van der Waals surface area contributed by atoms with Crippen LogP contribution < -0.4 is 11.1 Å². The maximum absolute atomic E-state index is 12.2. The molecule has 1 heterocycles. The van der Waals surface area contributed by atoms with E-state index in [1.807, 2.05) is 32.9 Å². The van der Waals surface area contributed by atoms with Gasteiger partial charge in [-0.25, -0.2) is 0 Å². The summed E-state index contributed by atoms with van der Waals surface area (Å²) in [5.41, 5.74) is 9.81. The van der Waals surface area contributed by atoms with Crippen LogP contribution in [0.25, 0.3) is 0 Å². The van der Waals surface area contributed by atoms with E-state index in [1.54, 1.807) is 6.07 Å². The van der Waals surface area contributed by atoms with Gasteiger partial charge in [0.05, 0.1) is 11.8 Å². The van der Waals surface area contributed by atoms with Gasteiger partial charge in [-0.2, -0.15) is 0 Å². The maximum atomic E-state index is 12.2. The van der Waals surface area contributed by atoms with E-state index >= 15 is 0 Å². The van der Waals surface area contributed by atoms with E-state index < -0.39 is 0 Å². The molecule has 100 valence electrons. The molecule has 0 bridgehead atoms. The van der Waals surface area contributed by atoms with Crippen molar-refractivity contribution in [1.82, 2.24) is 0 Å². The van der Waals surface area contributed by atoms with Crippen molar-refractivity contribution in [2.75, 3.05) is 11.1 Å². The first-order valence-electron chi connectivity index (χ1n) is 6.27. The molecule has 4 heteroatoms. The second-order valence-electron chi connectivity index (χ2n) is 4.59. The van der Waals surface area contributed by atoms with E-state index in [4.69, 9.17) is 10.2 Å². The zero-order valence-corrected chi connectivity index (χ0v) is 11.4. The number of rotatable bonds is 3. The summed E-state index contributed by atoms with van der Waals surface area (Å²) in [5.74, 6) is 0.542. The second kappa shape index (κ2) is 5.18. The molecule has 1 aromatic carbocycles. The highest BCUT2D eigenvalue weighted by molar-refractivity contribution is 6.05. The fourth-order valence-electron chi connectivity index (χ4n) is 1.98. The van der Waals surface area contributed by atoms with Crippen LogP contribution in [0.5, 0.6) is 0 Å². The van der Waals surface area contributed by atoms with E-state index in [2.05, 4.69) is 5.32 Å². The monoisotopic (exact) mass is 258 g/mol. The summed E-state index contributed by atoms with van der Waals surface area (Å²) in [6.07, 6.45) is 2.23. The van der Waals surface area contributed by atoms with E-state index in [1.165, 1.54) is 6.26 Å². The van der Waals surface area contributed by atoms with Gasteiger partial charge in [0.25, 0.3) is 5.91 Å². The molecule has 0 saturated carbocycles. The zero-order valence-electron chi connectivity index (χ0n) is 11.4. The molecule has 4 nitrogen and oxygen atoms in total. The van der Waals surface area contributed by atoms with Gasteiger partial charge in [0.15, 0.2) is 0 Å². The van der Waals surface area contributed by atoms with Gasteiger partial charge in [0.2, 0.25) is 0 Å². The number of carbonyl (C=O) groups excluding carboxylic acids is 1. The molecule has 0 saturated heterocycles. The Hall–Kier alpha value is -2.23. The van der Waals surface area contributed by atoms with Crippen LogP contribution in [0.2, 0.25) is 0 Å². The van der Waals surface area contributed by atoms with Gasteiger partial charge >= 0.3 is 0 Å². The van der Waals surface area contributed by atoms with Crippen molar-refractivity contribution < 1.29 is 9.21 Å². The number of hydrogen-bond acceptors (Lipinski definition) is 3. The summed E-state index contributed by atoms with van der Waals surface area (Å²) < 4.78 is 5.26. The summed E-state index contributed by atoms with van der Waals surface area (Å²) in [6.45, 7) is 5.79. The molecular formula is C15H18N2O2. The summed E-state index contributed by atoms with van der Waals surface area (Å²) in [4.78, 5) is 12.2. The van der Waals surface area contributed by atoms with Crippen LogP contribution >= 0.6 is 0 Å². The molecule has 0 aliphatic heterocycles. The third-order valence-corrected chi connectivity index (χ3v) is 3.17. The Morgan fingerprint density at radius 3 is 2.74 bits per heavy atom. The highest BCUT2D eigenvalue weighted by Crippen LogP contribution is 2.23. The standard InChI is InChI=1S/C15H18N2O2/c1-4-14-11(5-6-19-14)15(18)17-13-8-9(2)12(16)7-10(13)3/h5-8H,4,16H2,1-3H3,(H,17,18). The van der Waals surface area contributed by atoms with E-state index in [0.29, 0.717) is 17.7 Å². The molecule has 1 aromatic heterocycles. The van der Waals surface area contributed by atoms with Gasteiger partial charge in [-0.15, -0.1) is 0 Å². The zero-order chi connectivity index (χ0) is 14.0. The molecule has 0 atom stereocenters. The van der Waals surface area contributed by atoms with Gasteiger partial charge in [-0.05, 0) is 43.2 Å². The van der Waals surface area contributed by atoms with Crippen molar-refractivity contribution in [1.29, 1.82) is 0 Å². The van der Waals surface area contributed by atoms with Gasteiger partial charge in [0.1, 0.15) is 5.76 Å². The van der Waals surface area contributed by atoms with E-state index in [9.17, 15) is 4.79 Å². The SMILES string of the molecule is CCc1occc1C(=O)Nc1cc(C)c(N)cc1C. The predicted molar refractivity (Wildman–Crippen MR) is 76.4 cm³/mol. The molecule has 19 heavy (non-hydrogen) atoms. The van der Waals surface area contributed by atoms with Crippen LogP contribution in [-0.4, -0.2) is 5.91 Å². The number of benzene rings is 1. The van der Waals surface area contributed by atoms with Crippen LogP contribution in [0.15, 0.2) is 28.9 Å². The normalized spacial score (nSPS) is 10.5. The Morgan fingerprint density at radius 1 is 1.32 bits per heavy atom. The lowest BCUT2D eigenvalue weighted by atomic mass is 10.1. The summed E-state index contributed by atoms with van der Waals surface area (Å²) in [7, 11) is 0. The molecule has 0 radical (unpaired) electrons. The van der Waals surface area contributed by atoms with E-state index in [0.717, 1.165) is 22.5 Å². The lowest BCUT2D eigenvalue weighted by molar-refractivity contribution is 0.102. The minimum absolute atomic E-state index is 0.155. The van der Waals surface area contributed by atoms with Crippen molar-refractivity contribution in [2.24, 2.45) is 0 Å². The first-order chi connectivity index (χ1) is 9.02. The smallest absolute Gasteiger partial charge is 0.259 e. The number of nitrogen functional groups attached to an aromatic ring is 1. The number of furan rings is 1. The minimum Gasteiger partial charge on any atom is -0.469 e. The molecular weight excluding hydrogens is 240 g/mol. The van der Waals surface area contributed by atoms with Crippen molar-refractivity contribution in [3.05, 3.63) is 46.9 Å². The lowest BCUT2D eigenvalue weighted by Gasteiger charge is -2.11. The third kappa shape index (κ3) is 2.62. The average molecular weight is 258 g/mol. The molecule has 0 aliphatic carbocycles. The Balaban J connectivity index is 2.27. The molecule has 0 fully saturated rings. The maximum Gasteiger partial charge on any atom is 0.259 e. The Kier molecular flexibility index (Phi) is 3.60. The highest BCUT2D eigenvalue weighted by atomic mass is 16.3.